The second-order valence-electron chi connectivity index (χ2n) is 4.75. The van der Waals surface area contributed by atoms with Crippen molar-refractivity contribution in [2.75, 3.05) is 7.18 Å². The maximum Gasteiger partial charge on any atom is 0.322 e. The molecule has 2 aliphatic rings. The third-order valence-corrected chi connectivity index (χ3v) is 3.67. The average molecular weight is 330 g/mol. The summed E-state index contributed by atoms with van der Waals surface area (Å²) < 4.78 is 15.3. The molecule has 24 heavy (non-hydrogen) atoms. The van der Waals surface area contributed by atoms with Crippen molar-refractivity contribution in [2.24, 2.45) is 0 Å². The minimum Gasteiger partial charge on any atom is -0.457 e. The summed E-state index contributed by atoms with van der Waals surface area (Å²) in [6.45, 7) is 4.00. The molecule has 0 radical (unpaired) electrons. The first-order chi connectivity index (χ1) is 11.7. The molecule has 4 rings (SSSR count). The number of amides is 3. The molecule has 1 spiro atoms. The summed E-state index contributed by atoms with van der Waals surface area (Å²) in [7, 11) is 0.500. The van der Waals surface area contributed by atoms with E-state index in [1.807, 2.05) is 38.1 Å². The largest absolute Gasteiger partial charge is 0.457 e. The van der Waals surface area contributed by atoms with Crippen LogP contribution in [0.15, 0.2) is 48.5 Å². The molecule has 1 fully saturated rings. The molecule has 0 aliphatic carbocycles. The second-order valence-corrected chi connectivity index (χ2v) is 4.75. The van der Waals surface area contributed by atoms with E-state index in [0.29, 0.717) is 29.8 Å². The van der Waals surface area contributed by atoms with Gasteiger partial charge < -0.3 is 10.1 Å². The van der Waals surface area contributed by atoms with Crippen LogP contribution in [-0.2, 0) is 10.3 Å². The van der Waals surface area contributed by atoms with Gasteiger partial charge in [-0.2, -0.15) is 0 Å². The summed E-state index contributed by atoms with van der Waals surface area (Å²) >= 11 is 0. The van der Waals surface area contributed by atoms with E-state index in [1.165, 1.54) is 0 Å². The Kier molecular flexibility index (Phi) is 5.18. The Hall–Kier alpha value is -2.89. The highest BCUT2D eigenvalue weighted by Crippen LogP contribution is 2.47. The fraction of sp³-hybridized carbons (Fsp3) is 0.222. The monoisotopic (exact) mass is 330 g/mol. The number of rotatable bonds is 0. The van der Waals surface area contributed by atoms with E-state index in [-0.39, 0.29) is 5.91 Å². The first-order valence-electron chi connectivity index (χ1n) is 7.60. The Morgan fingerprint density at radius 1 is 0.875 bits per heavy atom. The minimum atomic E-state index is -1.21. The molecule has 3 amide bonds. The fourth-order valence-electron chi connectivity index (χ4n) is 2.83. The molecule has 2 aromatic rings. The topological polar surface area (TPSA) is 67.4 Å². The zero-order valence-electron chi connectivity index (χ0n) is 13.7. The number of carbonyl (C=O) groups is 2. The minimum absolute atomic E-state index is 0.384. The third-order valence-electron chi connectivity index (χ3n) is 3.67. The molecule has 0 aromatic heterocycles. The zero-order chi connectivity index (χ0) is 17.7. The van der Waals surface area contributed by atoms with Gasteiger partial charge in [-0.25, -0.2) is 4.79 Å². The molecule has 5 nitrogen and oxygen atoms in total. The summed E-state index contributed by atoms with van der Waals surface area (Å²) in [4.78, 5) is 24.1. The highest BCUT2D eigenvalue weighted by molar-refractivity contribution is 6.10. The number of para-hydroxylation sites is 2. The molecule has 1 saturated heterocycles. The molecular weight excluding hydrogens is 311 g/mol. The predicted molar refractivity (Wildman–Crippen MR) is 88.8 cm³/mol. The van der Waals surface area contributed by atoms with E-state index in [4.69, 9.17) is 4.74 Å². The van der Waals surface area contributed by atoms with Crippen LogP contribution in [0.1, 0.15) is 25.0 Å². The summed E-state index contributed by atoms with van der Waals surface area (Å²) in [6, 6.07) is 13.9. The predicted octanol–water partition coefficient (Wildman–Crippen LogP) is 3.49. The maximum atomic E-state index is 12.4. The van der Waals surface area contributed by atoms with Gasteiger partial charge in [0.1, 0.15) is 11.5 Å². The summed E-state index contributed by atoms with van der Waals surface area (Å²) in [5.41, 5.74) is 0.0757. The number of alkyl halides is 1. The van der Waals surface area contributed by atoms with Gasteiger partial charge >= 0.3 is 6.03 Å². The van der Waals surface area contributed by atoms with Crippen LogP contribution in [0.2, 0.25) is 0 Å². The number of hydrogen-bond acceptors (Lipinski definition) is 3. The number of nitrogens with one attached hydrogen (secondary N) is 2. The summed E-state index contributed by atoms with van der Waals surface area (Å²) in [5.74, 6) is 0.762. The number of halogens is 1. The highest BCUT2D eigenvalue weighted by atomic mass is 19.1. The van der Waals surface area contributed by atoms with Crippen LogP contribution in [0.4, 0.5) is 9.18 Å². The van der Waals surface area contributed by atoms with Crippen LogP contribution in [0.3, 0.4) is 0 Å². The van der Waals surface area contributed by atoms with Crippen LogP contribution in [0, 0.1) is 0 Å². The molecule has 126 valence electrons. The molecule has 2 heterocycles. The number of carbonyl (C=O) groups excluding carboxylic acids is 2. The molecule has 0 unspecified atom stereocenters. The normalized spacial score (nSPS) is 15.3. The Balaban J connectivity index is 0.000000487. The van der Waals surface area contributed by atoms with Crippen molar-refractivity contribution in [1.29, 1.82) is 0 Å². The Labute approximate surface area is 139 Å². The summed E-state index contributed by atoms with van der Waals surface area (Å²) in [6.07, 6.45) is 0. The van der Waals surface area contributed by atoms with E-state index < -0.39 is 11.6 Å². The van der Waals surface area contributed by atoms with Gasteiger partial charge in [-0.3, -0.25) is 14.5 Å². The molecule has 2 aliphatic heterocycles. The van der Waals surface area contributed by atoms with Gasteiger partial charge in [-0.15, -0.1) is 0 Å². The van der Waals surface area contributed by atoms with Crippen LogP contribution in [-0.4, -0.2) is 19.1 Å². The maximum absolute atomic E-state index is 12.4. The van der Waals surface area contributed by atoms with Crippen LogP contribution in [0.25, 0.3) is 0 Å². The molecule has 0 bridgehead atoms. The van der Waals surface area contributed by atoms with Gasteiger partial charge in [-0.1, -0.05) is 50.2 Å². The van der Waals surface area contributed by atoms with Crippen molar-refractivity contribution >= 4 is 11.9 Å². The lowest BCUT2D eigenvalue weighted by molar-refractivity contribution is -0.123. The third kappa shape index (κ3) is 2.50. The Bertz CT molecular complexity index is 716. The Morgan fingerprint density at radius 3 is 1.75 bits per heavy atom. The van der Waals surface area contributed by atoms with E-state index >= 15 is 0 Å². The number of ether oxygens (including phenoxy) is 1. The fourth-order valence-corrected chi connectivity index (χ4v) is 2.83. The van der Waals surface area contributed by atoms with Crippen molar-refractivity contribution in [3.8, 4) is 11.5 Å². The molecule has 0 saturated carbocycles. The lowest BCUT2D eigenvalue weighted by Gasteiger charge is -2.34. The van der Waals surface area contributed by atoms with Gasteiger partial charge in [0, 0.05) is 11.1 Å². The smallest absolute Gasteiger partial charge is 0.322 e. The molecule has 2 N–H and O–H groups in total. The van der Waals surface area contributed by atoms with Crippen molar-refractivity contribution in [3.63, 3.8) is 0 Å². The van der Waals surface area contributed by atoms with Gasteiger partial charge in [0.05, 0.1) is 7.18 Å². The van der Waals surface area contributed by atoms with Crippen molar-refractivity contribution < 1.29 is 18.7 Å². The van der Waals surface area contributed by atoms with Gasteiger partial charge in [0.15, 0.2) is 5.54 Å². The highest BCUT2D eigenvalue weighted by Gasteiger charge is 2.53. The SMILES string of the molecule is CC.CF.O=C1NC(=O)C2(N1)c1ccccc1Oc1ccccc12. The van der Waals surface area contributed by atoms with E-state index in [2.05, 4.69) is 10.6 Å². The lowest BCUT2D eigenvalue weighted by Crippen LogP contribution is -2.46. The lowest BCUT2D eigenvalue weighted by atomic mass is 9.80. The van der Waals surface area contributed by atoms with E-state index in [9.17, 15) is 14.0 Å². The average Bonchev–Trinajstić information content (AvgIpc) is 2.94. The number of fused-ring (bicyclic) bond motifs is 4. The molecule has 6 heteroatoms. The Morgan fingerprint density at radius 2 is 1.33 bits per heavy atom. The van der Waals surface area contributed by atoms with Gasteiger partial charge in [0.25, 0.3) is 5.91 Å². The zero-order valence-corrected chi connectivity index (χ0v) is 13.7. The number of urea groups is 1. The summed E-state index contributed by atoms with van der Waals surface area (Å²) in [5, 5.41) is 5.07. The first-order valence-corrected chi connectivity index (χ1v) is 7.60. The van der Waals surface area contributed by atoms with Gasteiger partial charge in [-0.05, 0) is 12.1 Å². The van der Waals surface area contributed by atoms with Crippen molar-refractivity contribution in [1.82, 2.24) is 10.6 Å². The second kappa shape index (κ2) is 7.12. The standard InChI is InChI=1S/C15H10N2O3.C2H6.CH3F/c18-13-15(17-14(19)16-13)9-5-1-3-7-11(9)20-12-8-4-2-6-10(12)15;2*1-2/h1-8H,(H2,16,17,18,19);1-2H3;1H3. The van der Waals surface area contributed by atoms with E-state index in [1.54, 1.807) is 24.3 Å². The van der Waals surface area contributed by atoms with Crippen molar-refractivity contribution in [3.05, 3.63) is 59.7 Å². The molecule has 2 aromatic carbocycles. The van der Waals surface area contributed by atoms with Crippen LogP contribution >= 0.6 is 0 Å². The number of hydrogen-bond donors (Lipinski definition) is 2. The van der Waals surface area contributed by atoms with Crippen molar-refractivity contribution in [2.45, 2.75) is 19.4 Å². The molecule has 0 atom stereocenters. The van der Waals surface area contributed by atoms with Crippen LogP contribution < -0.4 is 15.4 Å². The van der Waals surface area contributed by atoms with Gasteiger partial charge in [0.2, 0.25) is 0 Å². The first kappa shape index (κ1) is 17.5. The molecular formula is C18H19FN2O3. The number of benzene rings is 2. The quantitative estimate of drug-likeness (QED) is 0.727. The van der Waals surface area contributed by atoms with E-state index in [0.717, 1.165) is 0 Å². The number of imide groups is 1. The van der Waals surface area contributed by atoms with Crippen LogP contribution in [0.5, 0.6) is 11.5 Å².